The fourth-order valence-corrected chi connectivity index (χ4v) is 2.86. The second-order valence-electron chi connectivity index (χ2n) is 4.81. The zero-order valence-electron chi connectivity index (χ0n) is 11.9. The molecule has 8 heteroatoms. The Morgan fingerprint density at radius 1 is 1.17 bits per heavy atom. The molecule has 1 aliphatic rings. The number of carbonyl (C=O) groups is 1. The van der Waals surface area contributed by atoms with Gasteiger partial charge in [-0.05, 0) is 51.8 Å². The molecule has 2 aromatic carbocycles. The minimum absolute atomic E-state index is 0.0848. The van der Waals surface area contributed by atoms with E-state index in [2.05, 4.69) is 36.9 Å². The van der Waals surface area contributed by atoms with Gasteiger partial charge in [0.15, 0.2) is 5.70 Å². The zero-order valence-corrected chi connectivity index (χ0v) is 15.1. The molecule has 0 spiro atoms. The van der Waals surface area contributed by atoms with Crippen LogP contribution in [0.25, 0.3) is 6.08 Å². The largest absolute Gasteiger partial charge is 0.402 e. The molecular weight excluding hydrogens is 444 g/mol. The normalized spacial score (nSPS) is 15.3. The van der Waals surface area contributed by atoms with E-state index in [0.29, 0.717) is 15.6 Å². The summed E-state index contributed by atoms with van der Waals surface area (Å²) in [5.74, 6) is -0.408. The van der Waals surface area contributed by atoms with Gasteiger partial charge in [0.05, 0.1) is 9.40 Å². The predicted octanol–water partition coefficient (Wildman–Crippen LogP) is 4.46. The second-order valence-corrected chi connectivity index (χ2v) is 6.58. The minimum atomic E-state index is -0.601. The van der Waals surface area contributed by atoms with Crippen molar-refractivity contribution in [3.8, 4) is 0 Å². The van der Waals surface area contributed by atoms with Gasteiger partial charge in [0.1, 0.15) is 0 Å². The monoisotopic (exact) mass is 450 g/mol. The number of nitro groups is 1. The van der Waals surface area contributed by atoms with E-state index in [4.69, 9.17) is 4.74 Å². The number of halogens is 2. The summed E-state index contributed by atoms with van der Waals surface area (Å²) in [5, 5.41) is 11.0. The van der Waals surface area contributed by atoms with E-state index in [-0.39, 0.29) is 17.3 Å². The average Bonchev–Trinajstić information content (AvgIpc) is 2.90. The van der Waals surface area contributed by atoms with Gasteiger partial charge in [0.25, 0.3) is 5.69 Å². The number of hydrogen-bond acceptors (Lipinski definition) is 5. The first-order chi connectivity index (χ1) is 11.4. The number of nitro benzene ring substituents is 1. The van der Waals surface area contributed by atoms with Crippen molar-refractivity contribution in [1.29, 1.82) is 0 Å². The summed E-state index contributed by atoms with van der Waals surface area (Å²) >= 11 is 6.46. The number of carbonyl (C=O) groups excluding carboxylic acids is 1. The second kappa shape index (κ2) is 6.66. The van der Waals surface area contributed by atoms with Crippen molar-refractivity contribution in [2.75, 3.05) is 0 Å². The van der Waals surface area contributed by atoms with E-state index in [9.17, 15) is 14.9 Å². The Balaban J connectivity index is 1.97. The minimum Gasteiger partial charge on any atom is -0.402 e. The standard InChI is InChI=1S/C16H8Br2N2O4/c17-11-3-1-2-10(8-11)15-19-13(16(21)24-15)6-9-4-5-12(18)14(7-9)20(22)23/h1-8H/b13-6-. The van der Waals surface area contributed by atoms with Crippen LogP contribution in [0.1, 0.15) is 11.1 Å². The van der Waals surface area contributed by atoms with Gasteiger partial charge in [-0.15, -0.1) is 0 Å². The lowest BCUT2D eigenvalue weighted by molar-refractivity contribution is -0.385. The number of hydrogen-bond donors (Lipinski definition) is 0. The molecule has 2 aromatic rings. The molecule has 3 rings (SSSR count). The Morgan fingerprint density at radius 3 is 2.67 bits per heavy atom. The maximum Gasteiger partial charge on any atom is 0.363 e. The van der Waals surface area contributed by atoms with Crippen molar-refractivity contribution in [3.63, 3.8) is 0 Å². The molecule has 0 unspecified atom stereocenters. The van der Waals surface area contributed by atoms with E-state index in [1.807, 2.05) is 6.07 Å². The maximum absolute atomic E-state index is 12.0. The number of aliphatic imine (C=N–C) groups is 1. The molecular formula is C16H8Br2N2O4. The predicted molar refractivity (Wildman–Crippen MR) is 95.5 cm³/mol. The lowest BCUT2D eigenvalue weighted by atomic mass is 10.1. The molecule has 0 atom stereocenters. The molecule has 0 radical (unpaired) electrons. The van der Waals surface area contributed by atoms with Gasteiger partial charge in [-0.25, -0.2) is 9.79 Å². The Bertz CT molecular complexity index is 922. The Hall–Kier alpha value is -2.32. The van der Waals surface area contributed by atoms with E-state index in [0.717, 1.165) is 4.47 Å². The molecule has 6 nitrogen and oxygen atoms in total. The maximum atomic E-state index is 12.0. The van der Waals surface area contributed by atoms with Crippen molar-refractivity contribution < 1.29 is 14.5 Å². The molecule has 0 aromatic heterocycles. The number of rotatable bonds is 3. The molecule has 0 aliphatic carbocycles. The third-order valence-corrected chi connectivity index (χ3v) is 4.33. The SMILES string of the molecule is O=C1OC(c2cccc(Br)c2)=N/C1=C\c1ccc(Br)c([N+](=O)[O-])c1. The summed E-state index contributed by atoms with van der Waals surface area (Å²) in [7, 11) is 0. The van der Waals surface area contributed by atoms with Crippen LogP contribution in [0.3, 0.4) is 0 Å². The van der Waals surface area contributed by atoms with Crippen LogP contribution >= 0.6 is 31.9 Å². The van der Waals surface area contributed by atoms with Gasteiger partial charge in [-0.2, -0.15) is 0 Å². The molecule has 1 heterocycles. The average molecular weight is 452 g/mol. The van der Waals surface area contributed by atoms with Crippen LogP contribution < -0.4 is 0 Å². The molecule has 120 valence electrons. The van der Waals surface area contributed by atoms with Gasteiger partial charge in [-0.3, -0.25) is 10.1 Å². The van der Waals surface area contributed by atoms with Crippen molar-refractivity contribution in [2.45, 2.75) is 0 Å². The Kier molecular flexibility index (Phi) is 4.59. The lowest BCUT2D eigenvalue weighted by Gasteiger charge is -1.99. The third kappa shape index (κ3) is 3.44. The van der Waals surface area contributed by atoms with Crippen molar-refractivity contribution in [3.05, 3.63) is 78.3 Å². The van der Waals surface area contributed by atoms with Crippen molar-refractivity contribution >= 4 is 55.5 Å². The fourth-order valence-electron chi connectivity index (χ4n) is 2.07. The van der Waals surface area contributed by atoms with E-state index < -0.39 is 10.9 Å². The first-order valence-electron chi connectivity index (χ1n) is 6.66. The highest BCUT2D eigenvalue weighted by molar-refractivity contribution is 9.10. The number of cyclic esters (lactones) is 1. The summed E-state index contributed by atoms with van der Waals surface area (Å²) in [6.07, 6.45) is 1.45. The van der Waals surface area contributed by atoms with Crippen LogP contribution in [0, 0.1) is 10.1 Å². The summed E-state index contributed by atoms with van der Waals surface area (Å²) in [4.78, 5) is 26.6. The summed E-state index contributed by atoms with van der Waals surface area (Å²) in [6.45, 7) is 0. The highest BCUT2D eigenvalue weighted by Crippen LogP contribution is 2.28. The molecule has 0 saturated heterocycles. The molecule has 24 heavy (non-hydrogen) atoms. The van der Waals surface area contributed by atoms with Crippen LogP contribution in [0.2, 0.25) is 0 Å². The fraction of sp³-hybridized carbons (Fsp3) is 0. The molecule has 1 aliphatic heterocycles. The van der Waals surface area contributed by atoms with E-state index in [1.54, 1.807) is 30.3 Å². The highest BCUT2D eigenvalue weighted by atomic mass is 79.9. The van der Waals surface area contributed by atoms with Crippen LogP contribution in [-0.4, -0.2) is 16.8 Å². The summed E-state index contributed by atoms with van der Waals surface area (Å²) < 4.78 is 6.36. The van der Waals surface area contributed by atoms with Crippen LogP contribution in [0.15, 0.2) is 62.1 Å². The smallest absolute Gasteiger partial charge is 0.363 e. The number of ether oxygens (including phenoxy) is 1. The molecule has 0 fully saturated rings. The van der Waals surface area contributed by atoms with Crippen molar-refractivity contribution in [1.82, 2.24) is 0 Å². The summed E-state index contributed by atoms with van der Waals surface area (Å²) in [6, 6.07) is 11.7. The third-order valence-electron chi connectivity index (χ3n) is 3.16. The molecule has 0 bridgehead atoms. The first kappa shape index (κ1) is 16.5. The highest BCUT2D eigenvalue weighted by Gasteiger charge is 2.24. The summed E-state index contributed by atoms with van der Waals surface area (Å²) in [5.41, 5.74) is 1.13. The van der Waals surface area contributed by atoms with E-state index >= 15 is 0 Å². The van der Waals surface area contributed by atoms with Crippen LogP contribution in [0.5, 0.6) is 0 Å². The van der Waals surface area contributed by atoms with Gasteiger partial charge >= 0.3 is 5.97 Å². The zero-order chi connectivity index (χ0) is 17.3. The van der Waals surface area contributed by atoms with Crippen molar-refractivity contribution in [2.24, 2.45) is 4.99 Å². The van der Waals surface area contributed by atoms with Gasteiger partial charge in [-0.1, -0.05) is 28.1 Å². The molecule has 0 amide bonds. The Labute approximate surface area is 153 Å². The van der Waals surface area contributed by atoms with Gasteiger partial charge < -0.3 is 4.74 Å². The van der Waals surface area contributed by atoms with Gasteiger partial charge in [0.2, 0.25) is 5.90 Å². The van der Waals surface area contributed by atoms with Gasteiger partial charge in [0, 0.05) is 16.1 Å². The quantitative estimate of drug-likeness (QED) is 0.298. The molecule has 0 saturated carbocycles. The molecule has 0 N–H and O–H groups in total. The van der Waals surface area contributed by atoms with Crippen LogP contribution in [0.4, 0.5) is 5.69 Å². The van der Waals surface area contributed by atoms with Crippen LogP contribution in [-0.2, 0) is 9.53 Å². The topological polar surface area (TPSA) is 81.8 Å². The number of esters is 1. The lowest BCUT2D eigenvalue weighted by Crippen LogP contribution is -2.05. The van der Waals surface area contributed by atoms with E-state index in [1.165, 1.54) is 12.1 Å². The number of nitrogens with zero attached hydrogens (tertiary/aromatic N) is 2. The Morgan fingerprint density at radius 2 is 1.96 bits per heavy atom. The first-order valence-corrected chi connectivity index (χ1v) is 8.25. The number of benzene rings is 2.